The Bertz CT molecular complexity index is 245. The van der Waals surface area contributed by atoms with Crippen LogP contribution in [-0.2, 0) is 19.1 Å². The van der Waals surface area contributed by atoms with E-state index in [9.17, 15) is 9.59 Å². The number of carboxylic acids is 2. The highest BCUT2D eigenvalue weighted by Crippen LogP contribution is 2.11. The quantitative estimate of drug-likeness (QED) is 0.448. The molecule has 1 unspecified atom stereocenters. The third-order valence-corrected chi connectivity index (χ3v) is 2.25. The molecule has 0 aliphatic rings. The first-order valence-electron chi connectivity index (χ1n) is 5.27. The van der Waals surface area contributed by atoms with Crippen molar-refractivity contribution in [3.05, 3.63) is 0 Å². The first-order valence-corrected chi connectivity index (χ1v) is 5.27. The number of carbonyl (C=O) groups is 2. The summed E-state index contributed by atoms with van der Waals surface area (Å²) in [6, 6.07) is -1.16. The fourth-order valence-corrected chi connectivity index (χ4v) is 1.22. The number of aliphatic carboxylic acids is 2. The molecule has 0 aliphatic carbocycles. The minimum atomic E-state index is -1.20. The van der Waals surface area contributed by atoms with E-state index in [2.05, 4.69) is 0 Å². The monoisotopic (exact) mass is 249 g/mol. The molecule has 0 radical (unpaired) electrons. The van der Waals surface area contributed by atoms with E-state index in [0.29, 0.717) is 13.2 Å². The summed E-state index contributed by atoms with van der Waals surface area (Å²) >= 11 is 0. The summed E-state index contributed by atoms with van der Waals surface area (Å²) in [6.45, 7) is 1.06. The molecule has 0 aromatic carbocycles. The molecule has 17 heavy (non-hydrogen) atoms. The van der Waals surface area contributed by atoms with Crippen molar-refractivity contribution < 1.29 is 29.3 Å². The Morgan fingerprint density at radius 2 is 1.82 bits per heavy atom. The van der Waals surface area contributed by atoms with Gasteiger partial charge in [0.2, 0.25) is 0 Å². The summed E-state index contributed by atoms with van der Waals surface area (Å²) in [6.07, 6.45) is 0.137. The lowest BCUT2D eigenvalue weighted by atomic mass is 9.97. The van der Waals surface area contributed by atoms with Gasteiger partial charge >= 0.3 is 11.9 Å². The average molecular weight is 249 g/mol. The van der Waals surface area contributed by atoms with E-state index < -0.39 is 23.9 Å². The van der Waals surface area contributed by atoms with Crippen LogP contribution in [-0.4, -0.2) is 55.1 Å². The van der Waals surface area contributed by atoms with Gasteiger partial charge in [-0.2, -0.15) is 0 Å². The van der Waals surface area contributed by atoms with Crippen LogP contribution >= 0.6 is 0 Å². The molecule has 0 spiro atoms. The highest BCUT2D eigenvalue weighted by atomic mass is 16.5. The summed E-state index contributed by atoms with van der Waals surface area (Å²) in [5.41, 5.74) is 5.28. The van der Waals surface area contributed by atoms with E-state index >= 15 is 0 Å². The van der Waals surface area contributed by atoms with Crippen molar-refractivity contribution in [2.45, 2.75) is 18.9 Å². The summed E-state index contributed by atoms with van der Waals surface area (Å²) in [5, 5.41) is 17.5. The van der Waals surface area contributed by atoms with Crippen LogP contribution in [0.1, 0.15) is 12.8 Å². The van der Waals surface area contributed by atoms with E-state index in [0.717, 1.165) is 0 Å². The van der Waals surface area contributed by atoms with Crippen molar-refractivity contribution in [3.8, 4) is 0 Å². The molecule has 2 atom stereocenters. The third-order valence-electron chi connectivity index (χ3n) is 2.25. The number of methoxy groups -OCH3 is 1. The van der Waals surface area contributed by atoms with E-state index in [1.807, 2.05) is 0 Å². The molecule has 0 heterocycles. The summed E-state index contributed by atoms with van der Waals surface area (Å²) in [5.74, 6) is -3.06. The fourth-order valence-electron chi connectivity index (χ4n) is 1.22. The molecule has 7 nitrogen and oxygen atoms in total. The second kappa shape index (κ2) is 8.91. The van der Waals surface area contributed by atoms with Crippen molar-refractivity contribution in [1.29, 1.82) is 0 Å². The molecular formula is C10H19NO6. The maximum absolute atomic E-state index is 10.8. The van der Waals surface area contributed by atoms with Crippen LogP contribution in [0.15, 0.2) is 0 Å². The van der Waals surface area contributed by atoms with Gasteiger partial charge in [0.05, 0.1) is 19.1 Å². The summed E-state index contributed by atoms with van der Waals surface area (Å²) in [4.78, 5) is 21.4. The highest BCUT2D eigenvalue weighted by Gasteiger charge is 2.23. The molecule has 0 aromatic heterocycles. The lowest BCUT2D eigenvalue weighted by Crippen LogP contribution is -2.34. The molecular weight excluding hydrogens is 230 g/mol. The Balaban J connectivity index is 3.91. The van der Waals surface area contributed by atoms with Gasteiger partial charge in [-0.25, -0.2) is 0 Å². The van der Waals surface area contributed by atoms with Crippen LogP contribution in [0.2, 0.25) is 0 Å². The second-order valence-corrected chi connectivity index (χ2v) is 3.61. The molecule has 0 bridgehead atoms. The van der Waals surface area contributed by atoms with Crippen LogP contribution in [0.5, 0.6) is 0 Å². The normalized spacial score (nSPS) is 14.2. The smallest absolute Gasteiger partial charge is 0.320 e. The van der Waals surface area contributed by atoms with Crippen molar-refractivity contribution in [3.63, 3.8) is 0 Å². The zero-order valence-corrected chi connectivity index (χ0v) is 9.80. The average Bonchev–Trinajstić information content (AvgIpc) is 2.26. The van der Waals surface area contributed by atoms with E-state index in [-0.39, 0.29) is 19.4 Å². The van der Waals surface area contributed by atoms with Gasteiger partial charge in [0.15, 0.2) is 0 Å². The highest BCUT2D eigenvalue weighted by molar-refractivity contribution is 5.75. The lowest BCUT2D eigenvalue weighted by molar-refractivity contribution is -0.144. The van der Waals surface area contributed by atoms with Gasteiger partial charge in [-0.1, -0.05) is 0 Å². The predicted octanol–water partition coefficient (Wildman–Crippen LogP) is -0.458. The van der Waals surface area contributed by atoms with Crippen molar-refractivity contribution in [1.82, 2.24) is 0 Å². The fraction of sp³-hybridized carbons (Fsp3) is 0.800. The SMILES string of the molecule is COCCOCCC(C[C@H](N)C(=O)O)C(=O)O. The minimum absolute atomic E-state index is 0.0989. The van der Waals surface area contributed by atoms with Crippen LogP contribution in [0, 0.1) is 5.92 Å². The largest absolute Gasteiger partial charge is 0.481 e. The Hall–Kier alpha value is -1.18. The van der Waals surface area contributed by atoms with Gasteiger partial charge in [0.1, 0.15) is 6.04 Å². The van der Waals surface area contributed by atoms with E-state index in [4.69, 9.17) is 25.4 Å². The van der Waals surface area contributed by atoms with Gasteiger partial charge < -0.3 is 25.4 Å². The predicted molar refractivity (Wildman–Crippen MR) is 58.7 cm³/mol. The first kappa shape index (κ1) is 15.8. The molecule has 0 rings (SSSR count). The molecule has 4 N–H and O–H groups in total. The Morgan fingerprint density at radius 1 is 1.18 bits per heavy atom. The number of ether oxygens (including phenoxy) is 2. The molecule has 7 heteroatoms. The zero-order valence-electron chi connectivity index (χ0n) is 9.80. The van der Waals surface area contributed by atoms with Crippen LogP contribution in [0.3, 0.4) is 0 Å². The maximum atomic E-state index is 10.8. The molecule has 0 saturated carbocycles. The number of rotatable bonds is 10. The van der Waals surface area contributed by atoms with Gasteiger partial charge in [0, 0.05) is 13.7 Å². The van der Waals surface area contributed by atoms with Gasteiger partial charge in [-0.05, 0) is 12.8 Å². The van der Waals surface area contributed by atoms with Crippen molar-refractivity contribution >= 4 is 11.9 Å². The summed E-state index contributed by atoms with van der Waals surface area (Å²) < 4.78 is 9.87. The number of hydrogen-bond donors (Lipinski definition) is 3. The van der Waals surface area contributed by atoms with Crippen LogP contribution < -0.4 is 5.73 Å². The maximum Gasteiger partial charge on any atom is 0.320 e. The number of carboxylic acid groups (broad SMARTS) is 2. The van der Waals surface area contributed by atoms with Gasteiger partial charge in [-0.3, -0.25) is 9.59 Å². The molecule has 0 amide bonds. The first-order chi connectivity index (χ1) is 7.99. The second-order valence-electron chi connectivity index (χ2n) is 3.61. The van der Waals surface area contributed by atoms with Crippen LogP contribution in [0.25, 0.3) is 0 Å². The van der Waals surface area contributed by atoms with Crippen molar-refractivity contribution in [2.75, 3.05) is 26.9 Å². The Labute approximate surface area is 99.5 Å². The van der Waals surface area contributed by atoms with Gasteiger partial charge in [0.25, 0.3) is 0 Å². The summed E-state index contributed by atoms with van der Waals surface area (Å²) in [7, 11) is 1.54. The van der Waals surface area contributed by atoms with Crippen molar-refractivity contribution in [2.24, 2.45) is 11.7 Å². The standard InChI is InChI=1S/C10H19NO6/c1-16-4-5-17-3-2-7(9(12)13)6-8(11)10(14)15/h7-8H,2-6,11H2,1H3,(H,12,13)(H,14,15)/t7?,8-/m0/s1. The molecule has 0 fully saturated rings. The molecule has 100 valence electrons. The Kier molecular flexibility index (Phi) is 8.29. The lowest BCUT2D eigenvalue weighted by Gasteiger charge is -2.14. The van der Waals surface area contributed by atoms with E-state index in [1.165, 1.54) is 7.11 Å². The van der Waals surface area contributed by atoms with Gasteiger partial charge in [-0.15, -0.1) is 0 Å². The molecule has 0 saturated heterocycles. The van der Waals surface area contributed by atoms with Crippen LogP contribution in [0.4, 0.5) is 0 Å². The minimum Gasteiger partial charge on any atom is -0.481 e. The topological polar surface area (TPSA) is 119 Å². The molecule has 0 aromatic rings. The Morgan fingerprint density at radius 3 is 2.29 bits per heavy atom. The zero-order chi connectivity index (χ0) is 13.3. The number of hydrogen-bond acceptors (Lipinski definition) is 5. The van der Waals surface area contributed by atoms with E-state index in [1.54, 1.807) is 0 Å². The number of nitrogens with two attached hydrogens (primary N) is 1. The molecule has 0 aliphatic heterocycles. The third kappa shape index (κ3) is 7.67.